The van der Waals surface area contributed by atoms with Gasteiger partial charge in [-0.3, -0.25) is 0 Å². The Kier molecular flexibility index (Phi) is 3.82. The predicted octanol–water partition coefficient (Wildman–Crippen LogP) is 4.03. The van der Waals surface area contributed by atoms with Crippen molar-refractivity contribution < 1.29 is 5.11 Å². The largest absolute Gasteiger partial charge is 0.390 e. The van der Waals surface area contributed by atoms with E-state index in [1.165, 1.54) is 23.1 Å². The number of aliphatic hydroxyl groups is 1. The van der Waals surface area contributed by atoms with Crippen molar-refractivity contribution in [3.63, 3.8) is 0 Å². The molecule has 1 N–H and O–H groups in total. The van der Waals surface area contributed by atoms with Crippen LogP contribution in [0.1, 0.15) is 49.8 Å². The highest BCUT2D eigenvalue weighted by Gasteiger charge is 2.35. The minimum atomic E-state index is -0.487. The molecule has 100 valence electrons. The first-order valence-electron chi connectivity index (χ1n) is 7.16. The van der Waals surface area contributed by atoms with E-state index >= 15 is 0 Å². The van der Waals surface area contributed by atoms with Crippen LogP contribution < -0.4 is 0 Å². The Balaban J connectivity index is 2.13. The third-order valence-electron chi connectivity index (χ3n) is 4.37. The molecule has 0 saturated heterocycles. The van der Waals surface area contributed by atoms with E-state index in [1.807, 2.05) is 0 Å². The molecule has 1 aliphatic carbocycles. The monoisotopic (exact) mass is 246 g/mol. The van der Waals surface area contributed by atoms with Crippen LogP contribution in [0.25, 0.3) is 0 Å². The molecule has 0 radical (unpaired) electrons. The summed E-state index contributed by atoms with van der Waals surface area (Å²) in [5.41, 5.74) is 3.45. The molecule has 1 saturated carbocycles. The molecule has 0 spiro atoms. The summed E-state index contributed by atoms with van der Waals surface area (Å²) in [5, 5.41) is 10.8. The van der Waals surface area contributed by atoms with E-state index in [9.17, 15) is 5.11 Å². The van der Waals surface area contributed by atoms with Crippen LogP contribution in [0.5, 0.6) is 0 Å². The van der Waals surface area contributed by atoms with Gasteiger partial charge in [0.1, 0.15) is 0 Å². The lowest BCUT2D eigenvalue weighted by Crippen LogP contribution is -2.39. The second-order valence-electron chi connectivity index (χ2n) is 6.67. The zero-order valence-electron chi connectivity index (χ0n) is 12.2. The minimum absolute atomic E-state index is 0.487. The summed E-state index contributed by atoms with van der Waals surface area (Å²) < 4.78 is 0. The Labute approximate surface area is 111 Å². The highest BCUT2D eigenvalue weighted by atomic mass is 16.3. The molecular formula is C17H26O. The van der Waals surface area contributed by atoms with E-state index in [0.717, 1.165) is 19.3 Å². The fraction of sp³-hybridized carbons (Fsp3) is 0.647. The number of rotatable bonds is 2. The summed E-state index contributed by atoms with van der Waals surface area (Å²) in [6.07, 6.45) is 3.96. The lowest BCUT2D eigenvalue weighted by molar-refractivity contribution is -0.0304. The van der Waals surface area contributed by atoms with Crippen LogP contribution in [0.3, 0.4) is 0 Å². The Hall–Kier alpha value is -0.820. The van der Waals surface area contributed by atoms with Gasteiger partial charge in [-0.05, 0) is 61.6 Å². The summed E-state index contributed by atoms with van der Waals surface area (Å²) in [7, 11) is 0. The molecule has 0 bridgehead atoms. The van der Waals surface area contributed by atoms with Crippen molar-refractivity contribution in [2.75, 3.05) is 0 Å². The van der Waals surface area contributed by atoms with Crippen molar-refractivity contribution in [3.05, 3.63) is 34.9 Å². The highest BCUT2D eigenvalue weighted by molar-refractivity contribution is 5.30. The molecule has 18 heavy (non-hydrogen) atoms. The van der Waals surface area contributed by atoms with Crippen molar-refractivity contribution in [2.24, 2.45) is 11.8 Å². The van der Waals surface area contributed by atoms with Crippen LogP contribution in [0.4, 0.5) is 0 Å². The van der Waals surface area contributed by atoms with Crippen molar-refractivity contribution in [2.45, 2.75) is 59.0 Å². The number of aryl methyl sites for hydroxylation is 2. The fourth-order valence-corrected chi connectivity index (χ4v) is 3.67. The summed E-state index contributed by atoms with van der Waals surface area (Å²) in [4.78, 5) is 0. The molecule has 0 heterocycles. The van der Waals surface area contributed by atoms with Gasteiger partial charge in [0.2, 0.25) is 0 Å². The van der Waals surface area contributed by atoms with Gasteiger partial charge in [0, 0.05) is 6.42 Å². The Morgan fingerprint density at radius 3 is 2.28 bits per heavy atom. The Morgan fingerprint density at radius 2 is 1.72 bits per heavy atom. The first-order valence-corrected chi connectivity index (χ1v) is 7.16. The second-order valence-corrected chi connectivity index (χ2v) is 6.67. The van der Waals surface area contributed by atoms with Gasteiger partial charge >= 0.3 is 0 Å². The molecule has 1 aliphatic rings. The maximum atomic E-state index is 10.8. The van der Waals surface area contributed by atoms with E-state index in [0.29, 0.717) is 11.8 Å². The summed E-state index contributed by atoms with van der Waals surface area (Å²) in [5.74, 6) is 1.29. The molecular weight excluding hydrogens is 220 g/mol. The fourth-order valence-electron chi connectivity index (χ4n) is 3.67. The van der Waals surface area contributed by atoms with Crippen LogP contribution in [-0.2, 0) is 6.42 Å². The molecule has 1 heteroatoms. The highest BCUT2D eigenvalue weighted by Crippen LogP contribution is 2.38. The van der Waals surface area contributed by atoms with Crippen LogP contribution >= 0.6 is 0 Å². The van der Waals surface area contributed by atoms with Gasteiger partial charge in [0.25, 0.3) is 0 Å². The molecule has 0 aliphatic heterocycles. The lowest BCUT2D eigenvalue weighted by Gasteiger charge is -2.39. The van der Waals surface area contributed by atoms with E-state index in [-0.39, 0.29) is 0 Å². The van der Waals surface area contributed by atoms with Gasteiger partial charge in [0.05, 0.1) is 5.60 Å². The van der Waals surface area contributed by atoms with Crippen molar-refractivity contribution in [1.82, 2.24) is 0 Å². The third kappa shape index (κ3) is 3.14. The van der Waals surface area contributed by atoms with Gasteiger partial charge in [0.15, 0.2) is 0 Å². The van der Waals surface area contributed by atoms with Gasteiger partial charge in [-0.1, -0.05) is 32.0 Å². The smallest absolute Gasteiger partial charge is 0.0693 e. The number of hydrogen-bond acceptors (Lipinski definition) is 1. The molecule has 0 aromatic heterocycles. The van der Waals surface area contributed by atoms with Gasteiger partial charge in [-0.25, -0.2) is 0 Å². The van der Waals surface area contributed by atoms with Crippen LogP contribution in [0.15, 0.2) is 18.2 Å². The normalized spacial score (nSPS) is 32.5. The molecule has 1 fully saturated rings. The van der Waals surface area contributed by atoms with E-state index in [1.54, 1.807) is 0 Å². The summed E-state index contributed by atoms with van der Waals surface area (Å²) in [6, 6.07) is 6.57. The van der Waals surface area contributed by atoms with Gasteiger partial charge < -0.3 is 5.11 Å². The van der Waals surface area contributed by atoms with Crippen LogP contribution in [0.2, 0.25) is 0 Å². The van der Waals surface area contributed by atoms with Crippen molar-refractivity contribution >= 4 is 0 Å². The molecule has 0 amide bonds. The zero-order chi connectivity index (χ0) is 13.3. The summed E-state index contributed by atoms with van der Waals surface area (Å²) >= 11 is 0. The molecule has 2 unspecified atom stereocenters. The Bertz CT molecular complexity index is 412. The van der Waals surface area contributed by atoms with E-state index in [2.05, 4.69) is 45.9 Å². The minimum Gasteiger partial charge on any atom is -0.390 e. The third-order valence-corrected chi connectivity index (χ3v) is 4.37. The summed E-state index contributed by atoms with van der Waals surface area (Å²) in [6.45, 7) is 8.82. The standard InChI is InChI=1S/C17H26O/c1-12-7-13(2)10-17(18,9-12)11-16-6-5-14(3)15(4)8-16/h5-6,8,12-13,18H,7,9-11H2,1-4H3. The van der Waals surface area contributed by atoms with E-state index < -0.39 is 5.60 Å². The number of hydrogen-bond donors (Lipinski definition) is 1. The van der Waals surface area contributed by atoms with Crippen molar-refractivity contribution in [1.29, 1.82) is 0 Å². The zero-order valence-corrected chi connectivity index (χ0v) is 12.2. The molecule has 2 rings (SSSR count). The molecule has 1 nitrogen and oxygen atoms in total. The predicted molar refractivity (Wildman–Crippen MR) is 76.7 cm³/mol. The topological polar surface area (TPSA) is 20.2 Å². The second kappa shape index (κ2) is 5.05. The average Bonchev–Trinajstić information content (AvgIpc) is 2.21. The quantitative estimate of drug-likeness (QED) is 0.835. The van der Waals surface area contributed by atoms with Crippen molar-refractivity contribution in [3.8, 4) is 0 Å². The van der Waals surface area contributed by atoms with E-state index in [4.69, 9.17) is 0 Å². The van der Waals surface area contributed by atoms with Crippen LogP contribution in [0, 0.1) is 25.7 Å². The first-order chi connectivity index (χ1) is 8.38. The van der Waals surface area contributed by atoms with Gasteiger partial charge in [-0.15, -0.1) is 0 Å². The average molecular weight is 246 g/mol. The maximum absolute atomic E-state index is 10.8. The molecule has 1 aromatic rings. The molecule has 2 atom stereocenters. The molecule has 1 aromatic carbocycles. The first kappa shape index (κ1) is 13.6. The van der Waals surface area contributed by atoms with Gasteiger partial charge in [-0.2, -0.15) is 0 Å². The Morgan fingerprint density at radius 1 is 1.11 bits per heavy atom. The maximum Gasteiger partial charge on any atom is 0.0693 e. The SMILES string of the molecule is Cc1ccc(CC2(O)CC(C)CC(C)C2)cc1C. The van der Waals surface area contributed by atoms with Crippen LogP contribution in [-0.4, -0.2) is 10.7 Å². The number of benzene rings is 1. The lowest BCUT2D eigenvalue weighted by atomic mass is 9.71.